The molecule has 0 fully saturated rings. The number of hydrogen-bond acceptors (Lipinski definition) is 1. The van der Waals surface area contributed by atoms with E-state index in [-0.39, 0.29) is 11.2 Å². The number of carbonyl (C=O) groups is 1. The Kier molecular flexibility index (Phi) is 21.6. The van der Waals surface area contributed by atoms with Crippen molar-refractivity contribution in [3.63, 3.8) is 0 Å². The Morgan fingerprint density at radius 2 is 0.363 bits per heavy atom. The van der Waals surface area contributed by atoms with Crippen LogP contribution in [-0.2, 0) is 15.6 Å². The van der Waals surface area contributed by atoms with Crippen LogP contribution in [-0.4, -0.2) is 5.78 Å². The predicted molar refractivity (Wildman–Crippen MR) is 614 cm³/mol. The van der Waals surface area contributed by atoms with Crippen molar-refractivity contribution in [1.82, 2.24) is 0 Å². The molecule has 0 aromatic heterocycles. The van der Waals surface area contributed by atoms with Gasteiger partial charge in [-0.15, -0.1) is 12.8 Å². The number of aryl methyl sites for hydroxylation is 2. The molecule has 2 spiro atoms. The second-order valence-corrected chi connectivity index (χ2v) is 38.7. The number of ketones is 1. The van der Waals surface area contributed by atoms with Crippen molar-refractivity contribution >= 4 is 103 Å². The van der Waals surface area contributed by atoms with E-state index in [4.69, 9.17) is 12.8 Å². The zero-order chi connectivity index (χ0) is 97.7. The van der Waals surface area contributed by atoms with Gasteiger partial charge in [-0.05, 0) is 269 Å². The SMILES string of the molecule is C#Cc1ccc2c(c1)C1(c3ccccc3-c3ccccc31)c1cc(C#C)ccc1-2.Cc1ccc2c(c1)C1(c3ccccc3-c3ccccc31)c1cc(C)ccc1-2.O=C1C(c2ccccc2)=c2c(c3ccccc3c3ccccc23)=C1c1ccccc1.c1ccc(-c2ccc(-c3ccccc3)c3c4ccccc4c4ccccc4c23)cc1.c1ccc(-c2ccc(-c3ccccc3)c3c4ccccc4c4ccccc4c23)cc1. The predicted octanol–water partition coefficient (Wildman–Crippen LogP) is 34.6. The summed E-state index contributed by atoms with van der Waals surface area (Å²) in [5.41, 5.74) is 38.8. The third-order valence-electron chi connectivity index (χ3n) is 31.0. The van der Waals surface area contributed by atoms with Crippen molar-refractivity contribution in [3.05, 3.63) is 610 Å². The van der Waals surface area contributed by atoms with Gasteiger partial charge in [-0.2, -0.15) is 0 Å². The van der Waals surface area contributed by atoms with E-state index in [1.807, 2.05) is 72.8 Å². The van der Waals surface area contributed by atoms with E-state index < -0.39 is 5.41 Å². The van der Waals surface area contributed by atoms with E-state index in [0.717, 1.165) is 54.6 Å². The Morgan fingerprint density at radius 1 is 0.171 bits per heavy atom. The Labute approximate surface area is 850 Å². The number of carbonyl (C=O) groups excluding carboxylic acids is 1. The summed E-state index contributed by atoms with van der Waals surface area (Å²) in [5.74, 6) is 5.76. The Bertz CT molecular complexity index is 9100. The molecule has 0 bridgehead atoms. The van der Waals surface area contributed by atoms with Crippen LogP contribution in [0.4, 0.5) is 0 Å². The van der Waals surface area contributed by atoms with Crippen LogP contribution in [0.5, 0.6) is 0 Å². The summed E-state index contributed by atoms with van der Waals surface area (Å²) in [4.78, 5) is 14.0. The number of benzene rings is 25. The Morgan fingerprint density at radius 3 is 0.623 bits per heavy atom. The van der Waals surface area contributed by atoms with Gasteiger partial charge in [0.2, 0.25) is 0 Å². The molecule has 0 N–H and O–H groups in total. The zero-order valence-corrected chi connectivity index (χ0v) is 80.7. The number of fused-ring (bicyclic) bond motifs is 38. The van der Waals surface area contributed by atoms with Crippen molar-refractivity contribution in [1.29, 1.82) is 0 Å². The van der Waals surface area contributed by atoms with Crippen molar-refractivity contribution in [2.45, 2.75) is 24.7 Å². The van der Waals surface area contributed by atoms with E-state index in [1.165, 1.54) is 220 Å². The van der Waals surface area contributed by atoms with Crippen molar-refractivity contribution in [3.8, 4) is 114 Å². The summed E-state index contributed by atoms with van der Waals surface area (Å²) in [6, 6.07) is 186. The molecule has 5 aliphatic carbocycles. The van der Waals surface area contributed by atoms with Gasteiger partial charge in [-0.1, -0.05) is 520 Å². The third kappa shape index (κ3) is 13.8. The molecule has 25 aromatic carbocycles. The molecule has 30 rings (SSSR count). The quantitative estimate of drug-likeness (QED) is 0.120. The third-order valence-corrected chi connectivity index (χ3v) is 31.0. The van der Waals surface area contributed by atoms with Gasteiger partial charge in [0.1, 0.15) is 0 Å². The maximum Gasteiger partial charge on any atom is 0.195 e. The first kappa shape index (κ1) is 87.4. The average Bonchev–Trinajstić information content (AvgIpc) is 1.50. The molecule has 1 nitrogen and oxygen atoms in total. The van der Waals surface area contributed by atoms with Crippen LogP contribution in [0.2, 0.25) is 0 Å². The number of terminal acetylenes is 2. The molecule has 0 unspecified atom stereocenters. The highest BCUT2D eigenvalue weighted by Crippen LogP contribution is 2.65. The van der Waals surface area contributed by atoms with Crippen molar-refractivity contribution < 1.29 is 4.79 Å². The fourth-order valence-corrected chi connectivity index (χ4v) is 25.0. The first-order chi connectivity index (χ1) is 72.2. The Hall–Kier alpha value is -18.9. The second-order valence-electron chi connectivity index (χ2n) is 38.7. The lowest BCUT2D eigenvalue weighted by Gasteiger charge is -2.30. The van der Waals surface area contributed by atoms with E-state index in [0.29, 0.717) is 0 Å². The van der Waals surface area contributed by atoms with Gasteiger partial charge in [-0.25, -0.2) is 0 Å². The highest BCUT2D eigenvalue weighted by Gasteiger charge is 2.53. The smallest absolute Gasteiger partial charge is 0.195 e. The van der Waals surface area contributed by atoms with Crippen LogP contribution in [0.3, 0.4) is 0 Å². The van der Waals surface area contributed by atoms with Crippen LogP contribution in [0.15, 0.2) is 522 Å². The summed E-state index contributed by atoms with van der Waals surface area (Å²) in [6.45, 7) is 4.41. The van der Waals surface area contributed by atoms with E-state index >= 15 is 0 Å². The number of Topliss-reactive ketones (excluding diaryl/α,β-unsaturated/α-hetero) is 1. The standard InChI is InChI=1S/2C30H20.C29H18O.C29H16.C27H20/c2*1-3-11-21(12-4-1)23-19-20-24(22-13-5-2-6-14-22)30-28-18-10-8-16-26(28)25-15-7-9-17-27(25)29(23)30;30-29-25(19-11-3-1-4-12-19)27-23-17-9-7-15-21(23)22-16-8-10-18-24(22)28(27)26(29)20-13-5-2-6-14-20;1-3-19-13-15-23-24-16-14-20(4-2)18-28(24)29(27(23)17-19)25-11-7-5-9-21(25)22-10-6-8-12-26(22)29;1-17-11-13-21-22-14-12-18(2)16-26(22)27(25(21)15-17)23-9-5-3-7-19(23)20-8-4-6-10-24(20)27/h2*1-20H;1-18H;1-2,5-18H;3-16H,1-2H3. The maximum atomic E-state index is 14.0. The summed E-state index contributed by atoms with van der Waals surface area (Å²) in [5, 5.41) is 22.5. The van der Waals surface area contributed by atoms with Crippen LogP contribution in [0, 0.1) is 38.5 Å². The van der Waals surface area contributed by atoms with Crippen LogP contribution in [0.25, 0.3) is 186 Å². The first-order valence-electron chi connectivity index (χ1n) is 50.3. The molecule has 0 saturated carbocycles. The summed E-state index contributed by atoms with van der Waals surface area (Å²) >= 11 is 0. The van der Waals surface area contributed by atoms with E-state index in [9.17, 15) is 4.79 Å². The molecular formula is C145H94O. The number of rotatable bonds is 6. The van der Waals surface area contributed by atoms with Crippen LogP contribution >= 0.6 is 0 Å². The highest BCUT2D eigenvalue weighted by molar-refractivity contribution is 6.45. The average molecular weight is 1850 g/mol. The molecule has 0 radical (unpaired) electrons. The molecule has 0 saturated heterocycles. The minimum absolute atomic E-state index is 0.101. The molecule has 680 valence electrons. The Balaban J connectivity index is 0.0000000928. The second kappa shape index (κ2) is 36.0. The summed E-state index contributed by atoms with van der Waals surface area (Å²) < 4.78 is 0. The highest BCUT2D eigenvalue weighted by atomic mass is 16.1. The lowest BCUT2D eigenvalue weighted by atomic mass is 9.70. The molecule has 0 heterocycles. The molecule has 0 atom stereocenters. The normalized spacial score (nSPS) is 12.8. The van der Waals surface area contributed by atoms with Gasteiger partial charge in [0, 0.05) is 32.7 Å². The fourth-order valence-electron chi connectivity index (χ4n) is 25.0. The monoisotopic (exact) mass is 1850 g/mol. The van der Waals surface area contributed by atoms with Crippen LogP contribution in [0.1, 0.15) is 77.9 Å². The molecular weight excluding hydrogens is 1760 g/mol. The van der Waals surface area contributed by atoms with Crippen molar-refractivity contribution in [2.75, 3.05) is 0 Å². The zero-order valence-electron chi connectivity index (χ0n) is 80.7. The lowest BCUT2D eigenvalue weighted by Crippen LogP contribution is -2.27. The van der Waals surface area contributed by atoms with Crippen LogP contribution < -0.4 is 10.4 Å². The van der Waals surface area contributed by atoms with Gasteiger partial charge in [-0.3, -0.25) is 4.79 Å². The number of hydrogen-bond donors (Lipinski definition) is 0. The van der Waals surface area contributed by atoms with E-state index in [1.54, 1.807) is 0 Å². The molecule has 5 aliphatic rings. The summed E-state index contributed by atoms with van der Waals surface area (Å²) in [7, 11) is 0. The minimum atomic E-state index is -0.391. The topological polar surface area (TPSA) is 17.1 Å². The largest absolute Gasteiger partial charge is 0.289 e. The molecule has 25 aromatic rings. The first-order valence-corrected chi connectivity index (χ1v) is 50.3. The minimum Gasteiger partial charge on any atom is -0.289 e. The van der Waals surface area contributed by atoms with Crippen molar-refractivity contribution in [2.24, 2.45) is 0 Å². The molecule has 0 amide bonds. The van der Waals surface area contributed by atoms with Gasteiger partial charge in [0.15, 0.2) is 5.78 Å². The molecule has 1 heteroatoms. The van der Waals surface area contributed by atoms with Gasteiger partial charge in [0.25, 0.3) is 0 Å². The lowest BCUT2D eigenvalue weighted by molar-refractivity contribution is -0.108. The molecule has 0 aliphatic heterocycles. The van der Waals surface area contributed by atoms with Gasteiger partial charge >= 0.3 is 0 Å². The summed E-state index contributed by atoms with van der Waals surface area (Å²) in [6.07, 6.45) is 11.6. The maximum absolute atomic E-state index is 14.0. The molecule has 146 heavy (non-hydrogen) atoms. The van der Waals surface area contributed by atoms with Gasteiger partial charge < -0.3 is 0 Å². The van der Waals surface area contributed by atoms with Gasteiger partial charge in [0.05, 0.1) is 10.8 Å². The van der Waals surface area contributed by atoms with E-state index in [2.05, 4.69) is 475 Å². The fraction of sp³-hybridized carbons (Fsp3) is 0.0276.